The fourth-order valence-corrected chi connectivity index (χ4v) is 4.22. The largest absolute Gasteiger partial charge is 0.482 e. The Bertz CT molecular complexity index is 889. The normalized spacial score (nSPS) is 14.8. The number of carbonyl (C=O) groups excluding carboxylic acids is 1. The van der Waals surface area contributed by atoms with E-state index in [1.807, 2.05) is 0 Å². The maximum absolute atomic E-state index is 12.9. The molecule has 1 fully saturated rings. The van der Waals surface area contributed by atoms with Crippen molar-refractivity contribution in [2.75, 3.05) is 24.6 Å². The van der Waals surface area contributed by atoms with Crippen LogP contribution >= 0.6 is 0 Å². The highest BCUT2D eigenvalue weighted by Crippen LogP contribution is 2.32. The van der Waals surface area contributed by atoms with E-state index in [2.05, 4.69) is 48.3 Å². The van der Waals surface area contributed by atoms with E-state index in [4.69, 9.17) is 9.84 Å². The Balaban J connectivity index is 1.69. The molecule has 1 aliphatic rings. The predicted molar refractivity (Wildman–Crippen MR) is 126 cm³/mol. The van der Waals surface area contributed by atoms with Gasteiger partial charge in [0.1, 0.15) is 5.75 Å². The fourth-order valence-electron chi connectivity index (χ4n) is 4.22. The lowest BCUT2D eigenvalue weighted by molar-refractivity contribution is -0.139. The molecule has 0 aliphatic carbocycles. The van der Waals surface area contributed by atoms with Crippen molar-refractivity contribution in [3.63, 3.8) is 0 Å². The molecule has 1 unspecified atom stereocenters. The second-order valence-electron chi connectivity index (χ2n) is 8.86. The minimum Gasteiger partial charge on any atom is -0.482 e. The number of anilines is 1. The van der Waals surface area contributed by atoms with Crippen LogP contribution in [-0.4, -0.2) is 36.7 Å². The fraction of sp³-hybridized carbons (Fsp3) is 0.462. The molecule has 1 atom stereocenters. The summed E-state index contributed by atoms with van der Waals surface area (Å²) in [4.78, 5) is 26.0. The molecule has 3 rings (SSSR count). The Labute approximate surface area is 190 Å². The van der Waals surface area contributed by atoms with E-state index in [9.17, 15) is 9.59 Å². The van der Waals surface area contributed by atoms with Gasteiger partial charge in [0.15, 0.2) is 6.61 Å². The quantitative estimate of drug-likeness (QED) is 0.567. The van der Waals surface area contributed by atoms with Crippen molar-refractivity contribution in [2.24, 2.45) is 5.92 Å². The van der Waals surface area contributed by atoms with E-state index >= 15 is 0 Å². The van der Waals surface area contributed by atoms with Crippen LogP contribution in [0.1, 0.15) is 56.7 Å². The molecule has 1 amide bonds. The average Bonchev–Trinajstić information content (AvgIpc) is 2.78. The summed E-state index contributed by atoms with van der Waals surface area (Å²) in [5.74, 6) is -0.122. The summed E-state index contributed by atoms with van der Waals surface area (Å²) in [7, 11) is 0. The first-order chi connectivity index (χ1) is 15.4. The van der Waals surface area contributed by atoms with Crippen molar-refractivity contribution in [3.8, 4) is 5.75 Å². The molecule has 1 aliphatic heterocycles. The van der Waals surface area contributed by atoms with Gasteiger partial charge in [-0.1, -0.05) is 44.2 Å². The van der Waals surface area contributed by atoms with Gasteiger partial charge in [-0.3, -0.25) is 4.79 Å². The molecule has 2 aromatic rings. The highest BCUT2D eigenvalue weighted by Gasteiger charge is 2.22. The van der Waals surface area contributed by atoms with Gasteiger partial charge < -0.3 is 20.1 Å². The van der Waals surface area contributed by atoms with Gasteiger partial charge in [-0.25, -0.2) is 4.79 Å². The number of carbonyl (C=O) groups is 2. The number of aliphatic carboxylic acids is 1. The van der Waals surface area contributed by atoms with Crippen molar-refractivity contribution in [1.29, 1.82) is 0 Å². The third kappa shape index (κ3) is 7.01. The van der Waals surface area contributed by atoms with E-state index in [1.165, 1.54) is 30.5 Å². The molecule has 2 N–H and O–H groups in total. The molecule has 0 spiro atoms. The van der Waals surface area contributed by atoms with Crippen LogP contribution in [0.4, 0.5) is 5.69 Å². The topological polar surface area (TPSA) is 78.9 Å². The number of para-hydroxylation sites is 1. The van der Waals surface area contributed by atoms with Gasteiger partial charge in [0.25, 0.3) is 0 Å². The maximum Gasteiger partial charge on any atom is 0.341 e. The van der Waals surface area contributed by atoms with Gasteiger partial charge in [-0.15, -0.1) is 0 Å². The summed E-state index contributed by atoms with van der Waals surface area (Å²) in [6.07, 6.45) is 4.84. The first-order valence-electron chi connectivity index (χ1n) is 11.5. The van der Waals surface area contributed by atoms with E-state index in [0.29, 0.717) is 11.7 Å². The Morgan fingerprint density at radius 2 is 1.72 bits per heavy atom. The summed E-state index contributed by atoms with van der Waals surface area (Å²) in [6, 6.07) is 15.4. The highest BCUT2D eigenvalue weighted by atomic mass is 16.5. The Morgan fingerprint density at radius 3 is 2.38 bits per heavy atom. The summed E-state index contributed by atoms with van der Waals surface area (Å²) in [5, 5.41) is 12.0. The van der Waals surface area contributed by atoms with Gasteiger partial charge in [-0.2, -0.15) is 0 Å². The number of amides is 1. The summed E-state index contributed by atoms with van der Waals surface area (Å²) in [5.41, 5.74) is 3.28. The van der Waals surface area contributed by atoms with E-state index in [1.54, 1.807) is 24.3 Å². The van der Waals surface area contributed by atoms with Gasteiger partial charge in [0, 0.05) is 18.8 Å². The summed E-state index contributed by atoms with van der Waals surface area (Å²) < 4.78 is 5.16. The Kier molecular flexibility index (Phi) is 8.54. The van der Waals surface area contributed by atoms with Gasteiger partial charge in [-0.05, 0) is 60.9 Å². The second kappa shape index (κ2) is 11.6. The van der Waals surface area contributed by atoms with Crippen LogP contribution in [0.25, 0.3) is 0 Å². The zero-order chi connectivity index (χ0) is 22.9. The molecule has 0 saturated carbocycles. The number of piperidine rings is 1. The molecule has 0 radical (unpaired) electrons. The summed E-state index contributed by atoms with van der Waals surface area (Å²) in [6.45, 7) is 6.11. The third-order valence-electron chi connectivity index (χ3n) is 5.70. The van der Waals surface area contributed by atoms with Crippen LogP contribution in [0.3, 0.4) is 0 Å². The standard InChI is InChI=1S/C26H34N2O4/c1-19(2)16-23(22-8-4-5-9-24(22)28-14-6-3-7-15-28)27-25(29)17-20-10-12-21(13-11-20)32-18-26(30)31/h4-5,8-13,19,23H,3,6-7,14-18H2,1-2H3,(H,27,29)(H,30,31). The second-order valence-corrected chi connectivity index (χ2v) is 8.86. The number of rotatable bonds is 10. The van der Waals surface area contributed by atoms with Crippen molar-refractivity contribution in [2.45, 2.75) is 52.0 Å². The van der Waals surface area contributed by atoms with Crippen molar-refractivity contribution >= 4 is 17.6 Å². The molecule has 1 saturated heterocycles. The van der Waals surface area contributed by atoms with Gasteiger partial charge in [0.05, 0.1) is 12.5 Å². The first kappa shape index (κ1) is 23.6. The van der Waals surface area contributed by atoms with Gasteiger partial charge in [0.2, 0.25) is 5.91 Å². The molecule has 32 heavy (non-hydrogen) atoms. The lowest BCUT2D eigenvalue weighted by Crippen LogP contribution is -2.34. The van der Waals surface area contributed by atoms with Crippen LogP contribution < -0.4 is 15.0 Å². The minimum absolute atomic E-state index is 0.0247. The van der Waals surface area contributed by atoms with Crippen LogP contribution in [0.2, 0.25) is 0 Å². The molecular formula is C26H34N2O4. The molecule has 0 bridgehead atoms. The Hall–Kier alpha value is -3.02. The molecule has 0 aromatic heterocycles. The Morgan fingerprint density at radius 1 is 1.03 bits per heavy atom. The van der Waals surface area contributed by atoms with Crippen molar-refractivity contribution in [3.05, 3.63) is 59.7 Å². The number of carboxylic acid groups (broad SMARTS) is 1. The van der Waals surface area contributed by atoms with Crippen LogP contribution in [-0.2, 0) is 16.0 Å². The van der Waals surface area contributed by atoms with Crippen molar-refractivity contribution < 1.29 is 19.4 Å². The minimum atomic E-state index is -1.02. The predicted octanol–water partition coefficient (Wildman–Crippen LogP) is 4.59. The van der Waals surface area contributed by atoms with Crippen molar-refractivity contribution in [1.82, 2.24) is 5.32 Å². The number of nitrogens with zero attached hydrogens (tertiary/aromatic N) is 1. The monoisotopic (exact) mass is 438 g/mol. The lowest BCUT2D eigenvalue weighted by atomic mass is 9.94. The molecule has 1 heterocycles. The zero-order valence-electron chi connectivity index (χ0n) is 19.0. The molecule has 2 aromatic carbocycles. The molecule has 6 nitrogen and oxygen atoms in total. The van der Waals surface area contributed by atoms with E-state index in [-0.39, 0.29) is 25.0 Å². The third-order valence-corrected chi connectivity index (χ3v) is 5.70. The maximum atomic E-state index is 12.9. The van der Waals surface area contributed by atoms with Gasteiger partial charge >= 0.3 is 5.97 Å². The summed E-state index contributed by atoms with van der Waals surface area (Å²) >= 11 is 0. The first-order valence-corrected chi connectivity index (χ1v) is 11.5. The van der Waals surface area contributed by atoms with Crippen LogP contribution in [0, 0.1) is 5.92 Å². The zero-order valence-corrected chi connectivity index (χ0v) is 19.0. The highest BCUT2D eigenvalue weighted by molar-refractivity contribution is 5.79. The van der Waals surface area contributed by atoms with Crippen LogP contribution in [0.5, 0.6) is 5.75 Å². The number of hydrogen-bond donors (Lipinski definition) is 2. The molecular weight excluding hydrogens is 404 g/mol. The molecule has 172 valence electrons. The van der Waals surface area contributed by atoms with Crippen LogP contribution in [0.15, 0.2) is 48.5 Å². The number of carboxylic acids is 1. The smallest absolute Gasteiger partial charge is 0.341 e. The number of benzene rings is 2. The van der Waals surface area contributed by atoms with E-state index in [0.717, 1.165) is 25.1 Å². The number of hydrogen-bond acceptors (Lipinski definition) is 4. The lowest BCUT2D eigenvalue weighted by Gasteiger charge is -2.33. The number of nitrogens with one attached hydrogen (secondary N) is 1. The average molecular weight is 439 g/mol. The SMILES string of the molecule is CC(C)CC(NC(=O)Cc1ccc(OCC(=O)O)cc1)c1ccccc1N1CCCCC1. The van der Waals surface area contributed by atoms with E-state index < -0.39 is 5.97 Å². The molecule has 6 heteroatoms. The number of ether oxygens (including phenoxy) is 1.